The lowest BCUT2D eigenvalue weighted by atomic mass is 9.98. The molecule has 8 heteroatoms. The number of nitrogens with one attached hydrogen (secondary N) is 2. The van der Waals surface area contributed by atoms with Crippen LogP contribution < -0.4 is 10.6 Å². The van der Waals surface area contributed by atoms with Crippen LogP contribution in [-0.4, -0.2) is 55.5 Å². The van der Waals surface area contributed by atoms with Crippen LogP contribution in [0.5, 0.6) is 0 Å². The second-order valence-corrected chi connectivity index (χ2v) is 7.92. The number of carbonyl (C=O) groups is 3. The Labute approximate surface area is 191 Å². The predicted octanol–water partition coefficient (Wildman–Crippen LogP) is 2.13. The summed E-state index contributed by atoms with van der Waals surface area (Å²) in [7, 11) is 0. The van der Waals surface area contributed by atoms with E-state index >= 15 is 0 Å². The molecule has 2 unspecified atom stereocenters. The first-order chi connectivity index (χ1) is 16.0. The van der Waals surface area contributed by atoms with Crippen molar-refractivity contribution in [3.63, 3.8) is 0 Å². The largest absolute Gasteiger partial charge is 0.481 e. The van der Waals surface area contributed by atoms with Gasteiger partial charge in [0.25, 0.3) is 5.91 Å². The molecular weight excluding hydrogens is 424 g/mol. The zero-order valence-electron chi connectivity index (χ0n) is 17.9. The van der Waals surface area contributed by atoms with Crippen molar-refractivity contribution >= 4 is 18.0 Å². The van der Waals surface area contributed by atoms with Crippen molar-refractivity contribution in [1.82, 2.24) is 10.6 Å². The first-order valence-corrected chi connectivity index (χ1v) is 10.7. The number of aliphatic carboxylic acids is 1. The number of carboxylic acid groups (broad SMARTS) is 1. The Morgan fingerprint density at radius 3 is 2.33 bits per heavy atom. The molecule has 2 aromatic rings. The third kappa shape index (κ3) is 5.33. The van der Waals surface area contributed by atoms with Crippen LogP contribution in [0.1, 0.15) is 23.5 Å². The maximum absolute atomic E-state index is 12.1. The van der Waals surface area contributed by atoms with E-state index < -0.39 is 23.9 Å². The highest BCUT2D eigenvalue weighted by atomic mass is 16.5. The van der Waals surface area contributed by atoms with Crippen LogP contribution in [-0.2, 0) is 19.1 Å². The number of carbonyl (C=O) groups excluding carboxylic acids is 2. The Morgan fingerprint density at radius 2 is 1.70 bits per heavy atom. The highest BCUT2D eigenvalue weighted by Gasteiger charge is 2.31. The van der Waals surface area contributed by atoms with E-state index in [0.29, 0.717) is 6.42 Å². The van der Waals surface area contributed by atoms with E-state index in [4.69, 9.17) is 14.6 Å². The molecule has 0 aromatic heterocycles. The number of benzene rings is 2. The van der Waals surface area contributed by atoms with Crippen LogP contribution in [0.3, 0.4) is 0 Å². The molecule has 1 aliphatic carbocycles. The number of carboxylic acids is 1. The third-order valence-electron chi connectivity index (χ3n) is 5.79. The molecule has 0 spiro atoms. The predicted molar refractivity (Wildman–Crippen MR) is 119 cm³/mol. The highest BCUT2D eigenvalue weighted by Crippen LogP contribution is 2.44. The number of amides is 2. The van der Waals surface area contributed by atoms with E-state index in [1.807, 2.05) is 36.4 Å². The maximum atomic E-state index is 12.1. The third-order valence-corrected chi connectivity index (χ3v) is 5.79. The van der Waals surface area contributed by atoms with Gasteiger partial charge in [0, 0.05) is 12.5 Å². The molecule has 1 aliphatic heterocycles. The lowest BCUT2D eigenvalue weighted by Gasteiger charge is -2.14. The van der Waals surface area contributed by atoms with Crippen molar-refractivity contribution < 1.29 is 29.0 Å². The summed E-state index contributed by atoms with van der Waals surface area (Å²) in [5.74, 6) is 2.95. The molecule has 4 rings (SSSR count). The van der Waals surface area contributed by atoms with Gasteiger partial charge in [0.2, 0.25) is 0 Å². The minimum atomic E-state index is -0.900. The normalized spacial score (nSPS) is 18.4. The molecule has 3 N–H and O–H groups in total. The minimum Gasteiger partial charge on any atom is -0.481 e. The lowest BCUT2D eigenvalue weighted by molar-refractivity contribution is -0.141. The van der Waals surface area contributed by atoms with Gasteiger partial charge in [-0.2, -0.15) is 0 Å². The van der Waals surface area contributed by atoms with Gasteiger partial charge in [0.05, 0.1) is 25.2 Å². The summed E-state index contributed by atoms with van der Waals surface area (Å²) in [5, 5.41) is 14.0. The molecule has 1 fully saturated rings. The summed E-state index contributed by atoms with van der Waals surface area (Å²) in [6.45, 7) is 0.500. The van der Waals surface area contributed by atoms with Gasteiger partial charge in [-0.1, -0.05) is 54.5 Å². The molecule has 1 heterocycles. The average molecular weight is 448 g/mol. The summed E-state index contributed by atoms with van der Waals surface area (Å²) in [6, 6.07) is 16.2. The van der Waals surface area contributed by atoms with E-state index in [-0.39, 0.29) is 38.3 Å². The van der Waals surface area contributed by atoms with Crippen LogP contribution in [0.4, 0.5) is 4.79 Å². The summed E-state index contributed by atoms with van der Waals surface area (Å²) in [5.41, 5.74) is 4.56. The Hall–Kier alpha value is -3.83. The second-order valence-electron chi connectivity index (χ2n) is 7.92. The summed E-state index contributed by atoms with van der Waals surface area (Å²) in [6.07, 6.45) is -0.590. The topological polar surface area (TPSA) is 114 Å². The summed E-state index contributed by atoms with van der Waals surface area (Å²) in [4.78, 5) is 34.8. The van der Waals surface area contributed by atoms with Gasteiger partial charge in [-0.15, -0.1) is 0 Å². The average Bonchev–Trinajstić information content (AvgIpc) is 3.42. The first kappa shape index (κ1) is 22.4. The van der Waals surface area contributed by atoms with Crippen molar-refractivity contribution in [3.05, 3.63) is 59.7 Å². The van der Waals surface area contributed by atoms with Gasteiger partial charge in [-0.3, -0.25) is 9.59 Å². The summed E-state index contributed by atoms with van der Waals surface area (Å²) < 4.78 is 10.7. The van der Waals surface area contributed by atoms with Crippen molar-refractivity contribution in [2.45, 2.75) is 18.4 Å². The Balaban J connectivity index is 1.19. The molecule has 8 nitrogen and oxygen atoms in total. The standard InChI is InChI=1S/C25H24N2O6/c28-23(27-13-17-12-16(14-32-17)24(29)30)10-5-11-26-25(31)33-15-22-20-8-3-1-6-18(20)19-7-2-4-9-21(19)22/h1-4,6-9,16-17,22H,11-15H2,(H,26,31)(H,27,28)(H,29,30). The maximum Gasteiger partial charge on any atom is 0.407 e. The van der Waals surface area contributed by atoms with E-state index in [1.165, 1.54) is 0 Å². The molecule has 170 valence electrons. The van der Waals surface area contributed by atoms with Crippen LogP contribution in [0, 0.1) is 17.8 Å². The SMILES string of the molecule is O=C(C#CCNC(=O)OCC1c2ccccc2-c2ccccc21)NCC1CC(C(=O)O)CO1. The molecule has 2 atom stereocenters. The van der Waals surface area contributed by atoms with Gasteiger partial charge in [-0.25, -0.2) is 4.79 Å². The van der Waals surface area contributed by atoms with E-state index in [2.05, 4.69) is 34.6 Å². The molecule has 0 radical (unpaired) electrons. The molecule has 0 saturated carbocycles. The van der Waals surface area contributed by atoms with Crippen LogP contribution >= 0.6 is 0 Å². The fourth-order valence-electron chi connectivity index (χ4n) is 4.16. The second kappa shape index (κ2) is 10.2. The van der Waals surface area contributed by atoms with Gasteiger partial charge in [0.15, 0.2) is 0 Å². The number of hydrogen-bond acceptors (Lipinski definition) is 5. The summed E-state index contributed by atoms with van der Waals surface area (Å²) >= 11 is 0. The van der Waals surface area contributed by atoms with Crippen molar-refractivity contribution in [1.29, 1.82) is 0 Å². The van der Waals surface area contributed by atoms with Crippen molar-refractivity contribution in [2.75, 3.05) is 26.3 Å². The van der Waals surface area contributed by atoms with Crippen molar-refractivity contribution in [3.8, 4) is 23.0 Å². The number of fused-ring (bicyclic) bond motifs is 3. The van der Waals surface area contributed by atoms with Crippen LogP contribution in [0.25, 0.3) is 11.1 Å². The van der Waals surface area contributed by atoms with Gasteiger partial charge in [0.1, 0.15) is 6.61 Å². The Kier molecular flexibility index (Phi) is 6.91. The molecular formula is C25H24N2O6. The molecule has 0 bridgehead atoms. The quantitative estimate of drug-likeness (QED) is 0.584. The minimum absolute atomic E-state index is 0.0291. The zero-order chi connectivity index (χ0) is 23.2. The molecule has 2 amide bonds. The van der Waals surface area contributed by atoms with Gasteiger partial charge < -0.3 is 25.2 Å². The van der Waals surface area contributed by atoms with E-state index in [9.17, 15) is 14.4 Å². The Morgan fingerprint density at radius 1 is 1.03 bits per heavy atom. The fourth-order valence-corrected chi connectivity index (χ4v) is 4.16. The number of alkyl carbamates (subject to hydrolysis) is 1. The molecule has 1 saturated heterocycles. The molecule has 33 heavy (non-hydrogen) atoms. The van der Waals surface area contributed by atoms with E-state index in [0.717, 1.165) is 22.3 Å². The van der Waals surface area contributed by atoms with Gasteiger partial charge >= 0.3 is 12.1 Å². The zero-order valence-corrected chi connectivity index (χ0v) is 17.9. The lowest BCUT2D eigenvalue weighted by Crippen LogP contribution is -2.31. The smallest absolute Gasteiger partial charge is 0.407 e. The number of ether oxygens (including phenoxy) is 2. The van der Waals surface area contributed by atoms with Crippen molar-refractivity contribution in [2.24, 2.45) is 5.92 Å². The molecule has 2 aromatic carbocycles. The highest BCUT2D eigenvalue weighted by molar-refractivity contribution is 5.93. The van der Waals surface area contributed by atoms with E-state index in [1.54, 1.807) is 0 Å². The number of rotatable bonds is 6. The van der Waals surface area contributed by atoms with Crippen LogP contribution in [0.15, 0.2) is 48.5 Å². The van der Waals surface area contributed by atoms with Gasteiger partial charge in [-0.05, 0) is 34.6 Å². The Bertz CT molecular complexity index is 1070. The molecule has 2 aliphatic rings. The van der Waals surface area contributed by atoms with Crippen LogP contribution in [0.2, 0.25) is 0 Å². The monoisotopic (exact) mass is 448 g/mol. The first-order valence-electron chi connectivity index (χ1n) is 10.7. The number of hydrogen-bond donors (Lipinski definition) is 3. The fraction of sp³-hybridized carbons (Fsp3) is 0.320.